The van der Waals surface area contributed by atoms with Gasteiger partial charge in [0.1, 0.15) is 0 Å². The minimum Gasteiger partial charge on any atom is -0.354 e. The van der Waals surface area contributed by atoms with E-state index in [1.807, 2.05) is 59.5 Å². The lowest BCUT2D eigenvalue weighted by Gasteiger charge is -2.34. The van der Waals surface area contributed by atoms with Crippen LogP contribution in [-0.4, -0.2) is 63.5 Å². The molecule has 2 aromatic carbocycles. The van der Waals surface area contributed by atoms with Crippen molar-refractivity contribution in [2.75, 3.05) is 42.9 Å². The summed E-state index contributed by atoms with van der Waals surface area (Å²) in [5.41, 5.74) is 2.80. The van der Waals surface area contributed by atoms with Crippen molar-refractivity contribution in [2.45, 2.75) is 6.42 Å². The zero-order chi connectivity index (χ0) is 22.5. The van der Waals surface area contributed by atoms with Crippen LogP contribution < -0.4 is 10.2 Å². The summed E-state index contributed by atoms with van der Waals surface area (Å²) in [5, 5.41) is 4.26. The summed E-state index contributed by atoms with van der Waals surface area (Å²) in [6.07, 6.45) is 3.87. The molecule has 1 fully saturated rings. The quantitative estimate of drug-likeness (QED) is 0.493. The second-order valence-corrected chi connectivity index (χ2v) is 7.87. The number of fused-ring (bicyclic) bond motifs is 1. The van der Waals surface area contributed by atoms with Crippen LogP contribution in [0.15, 0.2) is 73.1 Å². The number of nitrogens with zero attached hydrogens (tertiary/aromatic N) is 6. The molecule has 1 aliphatic rings. The number of para-hydroxylation sites is 1. The molecule has 1 N–H and O–H groups in total. The molecule has 0 aliphatic carbocycles. The second-order valence-electron chi connectivity index (χ2n) is 7.87. The molecule has 33 heavy (non-hydrogen) atoms. The average Bonchev–Trinajstić information content (AvgIpc) is 2.89. The monoisotopic (exact) mass is 439 g/mol. The summed E-state index contributed by atoms with van der Waals surface area (Å²) in [6, 6.07) is 19.9. The van der Waals surface area contributed by atoms with E-state index in [2.05, 4.69) is 25.2 Å². The van der Waals surface area contributed by atoms with Gasteiger partial charge < -0.3 is 15.1 Å². The van der Waals surface area contributed by atoms with Gasteiger partial charge in [-0.25, -0.2) is 19.9 Å². The third kappa shape index (κ3) is 4.74. The fourth-order valence-corrected chi connectivity index (χ4v) is 4.02. The number of benzene rings is 2. The number of hydrogen-bond donors (Lipinski definition) is 1. The average molecular weight is 440 g/mol. The van der Waals surface area contributed by atoms with Crippen molar-refractivity contribution in [1.82, 2.24) is 24.8 Å². The van der Waals surface area contributed by atoms with Crippen molar-refractivity contribution >= 4 is 28.7 Å². The molecule has 0 unspecified atom stereocenters. The third-order valence-corrected chi connectivity index (χ3v) is 5.74. The van der Waals surface area contributed by atoms with Gasteiger partial charge in [-0.15, -0.1) is 0 Å². The molecular formula is C25H25N7O. The lowest BCUT2D eigenvalue weighted by Crippen LogP contribution is -2.49. The first-order valence-electron chi connectivity index (χ1n) is 11.1. The Balaban J connectivity index is 1.21. The molecule has 166 valence electrons. The Bertz CT molecular complexity index is 1230. The van der Waals surface area contributed by atoms with E-state index in [-0.39, 0.29) is 5.91 Å². The van der Waals surface area contributed by atoms with Gasteiger partial charge in [0, 0.05) is 62.5 Å². The largest absolute Gasteiger partial charge is 0.354 e. The minimum absolute atomic E-state index is 0.125. The number of nitrogens with one attached hydrogen (secondary N) is 1. The smallest absolute Gasteiger partial charge is 0.225 e. The molecule has 1 amide bonds. The SMILES string of the molecule is O=C(CCNc1nc(-c2ccccc2)c2ccccc2n1)N1CCN(c2ncccn2)CC1. The molecule has 1 saturated heterocycles. The van der Waals surface area contributed by atoms with Gasteiger partial charge in [-0.3, -0.25) is 4.79 Å². The Labute approximate surface area is 192 Å². The summed E-state index contributed by atoms with van der Waals surface area (Å²) in [4.78, 5) is 34.7. The summed E-state index contributed by atoms with van der Waals surface area (Å²) < 4.78 is 0. The number of rotatable bonds is 6. The second kappa shape index (κ2) is 9.60. The van der Waals surface area contributed by atoms with E-state index in [1.165, 1.54) is 0 Å². The van der Waals surface area contributed by atoms with Gasteiger partial charge in [0.25, 0.3) is 0 Å². The Morgan fingerprint density at radius 2 is 1.58 bits per heavy atom. The van der Waals surface area contributed by atoms with E-state index in [0.29, 0.717) is 38.0 Å². The van der Waals surface area contributed by atoms with Gasteiger partial charge in [0.05, 0.1) is 11.2 Å². The van der Waals surface area contributed by atoms with E-state index in [4.69, 9.17) is 4.98 Å². The van der Waals surface area contributed by atoms with Crippen LogP contribution in [0.2, 0.25) is 0 Å². The zero-order valence-electron chi connectivity index (χ0n) is 18.3. The number of hydrogen-bond acceptors (Lipinski definition) is 7. The van der Waals surface area contributed by atoms with Gasteiger partial charge in [-0.1, -0.05) is 48.5 Å². The minimum atomic E-state index is 0.125. The van der Waals surface area contributed by atoms with Crippen LogP contribution in [0, 0.1) is 0 Å². The van der Waals surface area contributed by atoms with Gasteiger partial charge in [-0.05, 0) is 12.1 Å². The Hall–Kier alpha value is -4.07. The van der Waals surface area contributed by atoms with Crippen molar-refractivity contribution in [3.05, 3.63) is 73.1 Å². The van der Waals surface area contributed by atoms with Gasteiger partial charge in [-0.2, -0.15) is 0 Å². The molecule has 8 nitrogen and oxygen atoms in total. The molecule has 5 rings (SSSR count). The highest BCUT2D eigenvalue weighted by Gasteiger charge is 2.22. The molecule has 0 radical (unpaired) electrons. The molecule has 4 aromatic rings. The zero-order valence-corrected chi connectivity index (χ0v) is 18.3. The molecular weight excluding hydrogens is 414 g/mol. The van der Waals surface area contributed by atoms with Crippen molar-refractivity contribution < 1.29 is 4.79 Å². The van der Waals surface area contributed by atoms with Crippen molar-refractivity contribution in [1.29, 1.82) is 0 Å². The van der Waals surface area contributed by atoms with E-state index in [9.17, 15) is 4.79 Å². The van der Waals surface area contributed by atoms with Crippen LogP contribution in [0.25, 0.3) is 22.2 Å². The topological polar surface area (TPSA) is 87.1 Å². The highest BCUT2D eigenvalue weighted by Crippen LogP contribution is 2.27. The number of amides is 1. The first-order chi connectivity index (χ1) is 16.3. The highest BCUT2D eigenvalue weighted by atomic mass is 16.2. The normalized spacial score (nSPS) is 13.8. The van der Waals surface area contributed by atoms with E-state index in [0.717, 1.165) is 35.2 Å². The standard InChI is InChI=1S/C25H25N7O/c33-22(31-15-17-32(18-16-31)25-27-12-6-13-28-25)11-14-26-24-29-21-10-5-4-9-20(21)23(30-24)19-7-2-1-3-8-19/h1-10,12-13H,11,14-18H2,(H,26,29,30). The molecule has 8 heteroatoms. The Morgan fingerprint density at radius 3 is 2.36 bits per heavy atom. The number of aromatic nitrogens is 4. The van der Waals surface area contributed by atoms with Crippen LogP contribution in [0.5, 0.6) is 0 Å². The number of piperazine rings is 1. The molecule has 1 aliphatic heterocycles. The van der Waals surface area contributed by atoms with E-state index in [1.54, 1.807) is 18.5 Å². The predicted octanol–water partition coefficient (Wildman–Crippen LogP) is 3.24. The maximum atomic E-state index is 12.7. The van der Waals surface area contributed by atoms with Crippen molar-refractivity contribution in [3.8, 4) is 11.3 Å². The molecule has 2 aromatic heterocycles. The first kappa shape index (κ1) is 20.8. The fourth-order valence-electron chi connectivity index (χ4n) is 4.02. The van der Waals surface area contributed by atoms with Crippen molar-refractivity contribution in [3.63, 3.8) is 0 Å². The summed E-state index contributed by atoms with van der Waals surface area (Å²) in [7, 11) is 0. The third-order valence-electron chi connectivity index (χ3n) is 5.74. The maximum Gasteiger partial charge on any atom is 0.225 e. The lowest BCUT2D eigenvalue weighted by atomic mass is 10.1. The van der Waals surface area contributed by atoms with Crippen LogP contribution in [-0.2, 0) is 4.79 Å². The molecule has 0 saturated carbocycles. The lowest BCUT2D eigenvalue weighted by molar-refractivity contribution is -0.131. The molecule has 3 heterocycles. The summed E-state index contributed by atoms with van der Waals surface area (Å²) >= 11 is 0. The fraction of sp³-hybridized carbons (Fsp3) is 0.240. The van der Waals surface area contributed by atoms with Gasteiger partial charge in [0.15, 0.2) is 0 Å². The highest BCUT2D eigenvalue weighted by molar-refractivity contribution is 5.93. The van der Waals surface area contributed by atoms with E-state index < -0.39 is 0 Å². The number of carbonyl (C=O) groups excluding carboxylic acids is 1. The Morgan fingerprint density at radius 1 is 0.848 bits per heavy atom. The summed E-state index contributed by atoms with van der Waals surface area (Å²) in [6.45, 7) is 3.28. The number of carbonyl (C=O) groups is 1. The van der Waals surface area contributed by atoms with Crippen molar-refractivity contribution in [2.24, 2.45) is 0 Å². The maximum absolute atomic E-state index is 12.7. The van der Waals surface area contributed by atoms with Crippen LogP contribution in [0.1, 0.15) is 6.42 Å². The first-order valence-corrected chi connectivity index (χ1v) is 11.1. The van der Waals surface area contributed by atoms with E-state index >= 15 is 0 Å². The van der Waals surface area contributed by atoms with Crippen LogP contribution in [0.4, 0.5) is 11.9 Å². The van der Waals surface area contributed by atoms with Gasteiger partial charge in [0.2, 0.25) is 17.8 Å². The number of anilines is 2. The molecule has 0 bridgehead atoms. The molecule has 0 spiro atoms. The van der Waals surface area contributed by atoms with Crippen LogP contribution >= 0.6 is 0 Å². The Kier molecular flexibility index (Phi) is 6.06. The molecule has 0 atom stereocenters. The van der Waals surface area contributed by atoms with Crippen LogP contribution in [0.3, 0.4) is 0 Å². The summed E-state index contributed by atoms with van der Waals surface area (Å²) in [5.74, 6) is 1.38. The predicted molar refractivity (Wildman–Crippen MR) is 129 cm³/mol. The van der Waals surface area contributed by atoms with Gasteiger partial charge >= 0.3 is 0 Å².